The summed E-state index contributed by atoms with van der Waals surface area (Å²) in [4.78, 5) is 9.06. The van der Waals surface area contributed by atoms with Gasteiger partial charge in [-0.15, -0.1) is 0 Å². The molecule has 0 aromatic heterocycles. The molecule has 1 unspecified atom stereocenters. The molecule has 2 aromatic rings. The van der Waals surface area contributed by atoms with Gasteiger partial charge in [-0.3, -0.25) is 0 Å². The van der Waals surface area contributed by atoms with Crippen molar-refractivity contribution >= 4 is 23.8 Å². The maximum atomic E-state index is 7.28. The van der Waals surface area contributed by atoms with Gasteiger partial charge >= 0.3 is 0 Å². The van der Waals surface area contributed by atoms with Crippen molar-refractivity contribution in [2.75, 3.05) is 9.80 Å². The lowest BCUT2D eigenvalue weighted by Gasteiger charge is -2.32. The number of anilines is 2. The fourth-order valence-electron chi connectivity index (χ4n) is 3.27. The van der Waals surface area contributed by atoms with Gasteiger partial charge in [-0.2, -0.15) is 0 Å². The van der Waals surface area contributed by atoms with Crippen molar-refractivity contribution in [3.05, 3.63) is 71.7 Å². The van der Waals surface area contributed by atoms with Crippen LogP contribution in [0.25, 0.3) is 0 Å². The summed E-state index contributed by atoms with van der Waals surface area (Å²) in [7, 11) is 0. The zero-order valence-corrected chi connectivity index (χ0v) is 14.3. The second-order valence-corrected chi connectivity index (χ2v) is 5.85. The molecule has 1 N–H and O–H groups in total. The number of rotatable bonds is 4. The van der Waals surface area contributed by atoms with Gasteiger partial charge in [-0.25, -0.2) is 4.99 Å². The highest BCUT2D eigenvalue weighted by atomic mass is 15.4. The molecule has 1 aliphatic heterocycles. The average Bonchev–Trinajstić information content (AvgIpc) is 2.84. The third-order valence-corrected chi connectivity index (χ3v) is 4.34. The summed E-state index contributed by atoms with van der Waals surface area (Å²) in [6.07, 6.45) is 2.85. The first kappa shape index (κ1) is 16.0. The predicted octanol–water partition coefficient (Wildman–Crippen LogP) is 4.58. The quantitative estimate of drug-likeness (QED) is 0.839. The van der Waals surface area contributed by atoms with Crippen LogP contribution < -0.4 is 9.80 Å². The van der Waals surface area contributed by atoms with Gasteiger partial charge in [-0.05, 0) is 44.5 Å². The van der Waals surface area contributed by atoms with Crippen molar-refractivity contribution < 1.29 is 0 Å². The van der Waals surface area contributed by atoms with Crippen LogP contribution in [-0.2, 0) is 0 Å². The second kappa shape index (κ2) is 6.71. The summed E-state index contributed by atoms with van der Waals surface area (Å²) in [6.45, 7) is 6.37. The van der Waals surface area contributed by atoms with Crippen molar-refractivity contribution in [2.24, 2.45) is 4.99 Å². The van der Waals surface area contributed by atoms with Gasteiger partial charge in [0.1, 0.15) is 6.17 Å². The number of hydrogen-bond acceptors (Lipinski definition) is 4. The molecule has 0 fully saturated rings. The van der Waals surface area contributed by atoms with E-state index in [-0.39, 0.29) is 6.17 Å². The second-order valence-electron chi connectivity index (χ2n) is 5.85. The summed E-state index contributed by atoms with van der Waals surface area (Å²) in [5.74, 6) is 0.879. The molecule has 0 saturated carbocycles. The van der Waals surface area contributed by atoms with E-state index in [1.807, 2.05) is 30.3 Å². The van der Waals surface area contributed by atoms with Crippen LogP contribution in [0.15, 0.2) is 71.1 Å². The molecule has 24 heavy (non-hydrogen) atoms. The fourth-order valence-corrected chi connectivity index (χ4v) is 3.27. The molecule has 1 atom stereocenters. The number of allylic oxidation sites excluding steroid dienone is 1. The minimum Gasteiger partial charge on any atom is -0.321 e. The number of aliphatic imine (C=N–C) groups is 1. The maximum absolute atomic E-state index is 7.28. The van der Waals surface area contributed by atoms with Crippen molar-refractivity contribution in [2.45, 2.75) is 26.9 Å². The summed E-state index contributed by atoms with van der Waals surface area (Å²) in [6, 6.07) is 18.7. The van der Waals surface area contributed by atoms with Gasteiger partial charge in [-0.1, -0.05) is 36.4 Å². The molecular formula is C20H22N4. The molecule has 2 aromatic carbocycles. The third-order valence-electron chi connectivity index (χ3n) is 4.34. The standard InChI is InChI=1S/C20H22N4/c1-15-9-7-8-12-19(15)24-17(3)23(18-10-5-4-6-11-18)16(2)20(24)22-14-13-21/h4-14,17,21H,1-3H3. The largest absolute Gasteiger partial charge is 0.321 e. The molecule has 0 saturated heterocycles. The van der Waals surface area contributed by atoms with E-state index >= 15 is 0 Å². The van der Waals surface area contributed by atoms with Crippen molar-refractivity contribution in [1.29, 1.82) is 5.41 Å². The molecule has 1 heterocycles. The first-order chi connectivity index (χ1) is 11.6. The number of nitrogens with zero attached hydrogens (tertiary/aromatic N) is 3. The van der Waals surface area contributed by atoms with E-state index in [9.17, 15) is 0 Å². The van der Waals surface area contributed by atoms with Gasteiger partial charge < -0.3 is 15.2 Å². The summed E-state index contributed by atoms with van der Waals surface area (Å²) in [5.41, 5.74) is 4.56. The van der Waals surface area contributed by atoms with Crippen LogP contribution in [0.2, 0.25) is 0 Å². The summed E-state index contributed by atoms with van der Waals surface area (Å²) in [5, 5.41) is 7.28. The Hall–Kier alpha value is -2.88. The first-order valence-electron chi connectivity index (χ1n) is 8.08. The monoisotopic (exact) mass is 318 g/mol. The highest BCUT2D eigenvalue weighted by molar-refractivity contribution is 6.14. The molecular weight excluding hydrogens is 296 g/mol. The Morgan fingerprint density at radius 3 is 2.29 bits per heavy atom. The van der Waals surface area contributed by atoms with E-state index in [0.717, 1.165) is 22.9 Å². The van der Waals surface area contributed by atoms with Gasteiger partial charge in [0.15, 0.2) is 5.82 Å². The Kier molecular flexibility index (Phi) is 4.47. The average molecular weight is 318 g/mol. The predicted molar refractivity (Wildman–Crippen MR) is 102 cm³/mol. The lowest BCUT2D eigenvalue weighted by Crippen LogP contribution is -2.38. The van der Waals surface area contributed by atoms with E-state index in [2.05, 4.69) is 59.8 Å². The topological polar surface area (TPSA) is 42.7 Å². The third kappa shape index (κ3) is 2.71. The zero-order valence-electron chi connectivity index (χ0n) is 14.3. The molecule has 0 bridgehead atoms. The fraction of sp³-hybridized carbons (Fsp3) is 0.200. The number of aryl methyl sites for hydroxylation is 1. The minimum absolute atomic E-state index is 0.103. The Morgan fingerprint density at radius 1 is 0.958 bits per heavy atom. The first-order valence-corrected chi connectivity index (χ1v) is 8.08. The van der Waals surface area contributed by atoms with Gasteiger partial charge in [0.2, 0.25) is 0 Å². The number of nitrogens with one attached hydrogen (secondary N) is 1. The van der Waals surface area contributed by atoms with Crippen LogP contribution in [0.3, 0.4) is 0 Å². The van der Waals surface area contributed by atoms with E-state index in [4.69, 9.17) is 5.41 Å². The SMILES string of the molecule is CC1=C(N=CC=N)N(c2ccccc2C)C(C)N1c1ccccc1. The maximum Gasteiger partial charge on any atom is 0.154 e. The van der Waals surface area contributed by atoms with E-state index in [1.54, 1.807) is 0 Å². The van der Waals surface area contributed by atoms with Gasteiger partial charge in [0.05, 0.1) is 5.70 Å². The molecule has 3 rings (SSSR count). The summed E-state index contributed by atoms with van der Waals surface area (Å²) >= 11 is 0. The Balaban J connectivity index is 2.13. The molecule has 0 spiro atoms. The lowest BCUT2D eigenvalue weighted by molar-refractivity contribution is 0.725. The number of benzene rings is 2. The van der Waals surface area contributed by atoms with Crippen LogP contribution >= 0.6 is 0 Å². The van der Waals surface area contributed by atoms with Crippen LogP contribution in [0, 0.1) is 12.3 Å². The van der Waals surface area contributed by atoms with E-state index in [1.165, 1.54) is 18.0 Å². The zero-order chi connectivity index (χ0) is 17.1. The lowest BCUT2D eigenvalue weighted by atomic mass is 10.2. The van der Waals surface area contributed by atoms with Crippen LogP contribution in [0.4, 0.5) is 11.4 Å². The molecule has 0 aliphatic carbocycles. The van der Waals surface area contributed by atoms with E-state index in [0.29, 0.717) is 0 Å². The molecule has 4 heteroatoms. The molecule has 4 nitrogen and oxygen atoms in total. The van der Waals surface area contributed by atoms with Crippen LogP contribution in [0.5, 0.6) is 0 Å². The smallest absolute Gasteiger partial charge is 0.154 e. The Labute approximate surface area is 143 Å². The normalized spacial score (nSPS) is 17.9. The number of para-hydroxylation sites is 2. The van der Waals surface area contributed by atoms with Gasteiger partial charge in [0, 0.05) is 23.8 Å². The molecule has 0 amide bonds. The Morgan fingerprint density at radius 2 is 1.62 bits per heavy atom. The van der Waals surface area contributed by atoms with E-state index < -0.39 is 0 Å². The molecule has 1 aliphatic rings. The minimum atomic E-state index is 0.103. The highest BCUT2D eigenvalue weighted by Crippen LogP contribution is 2.38. The summed E-state index contributed by atoms with van der Waals surface area (Å²) < 4.78 is 0. The van der Waals surface area contributed by atoms with Crippen LogP contribution in [-0.4, -0.2) is 18.6 Å². The molecule has 122 valence electrons. The van der Waals surface area contributed by atoms with Crippen LogP contribution in [0.1, 0.15) is 19.4 Å². The number of hydrogen-bond donors (Lipinski definition) is 1. The van der Waals surface area contributed by atoms with Crippen molar-refractivity contribution in [3.63, 3.8) is 0 Å². The van der Waals surface area contributed by atoms with Gasteiger partial charge in [0.25, 0.3) is 0 Å². The van der Waals surface area contributed by atoms with Crippen molar-refractivity contribution in [3.8, 4) is 0 Å². The van der Waals surface area contributed by atoms with Crippen molar-refractivity contribution in [1.82, 2.24) is 0 Å². The molecule has 0 radical (unpaired) electrons. The highest BCUT2D eigenvalue weighted by Gasteiger charge is 2.35. The Bertz CT molecular complexity index is 792.